The molecule has 2 aromatic carbocycles. The second-order valence-corrected chi connectivity index (χ2v) is 9.78. The molecule has 1 unspecified atom stereocenters. The van der Waals surface area contributed by atoms with Gasteiger partial charge in [0, 0.05) is 6.08 Å². The number of ether oxygens (including phenoxy) is 1. The first-order chi connectivity index (χ1) is 16.9. The molecule has 7 heteroatoms. The summed E-state index contributed by atoms with van der Waals surface area (Å²) < 4.78 is 5.90. The molecule has 1 aliphatic heterocycles. The number of benzene rings is 2. The largest absolute Gasteiger partial charge is 0.489 e. The van der Waals surface area contributed by atoms with E-state index >= 15 is 0 Å². The molecule has 0 bridgehead atoms. The highest BCUT2D eigenvalue weighted by Gasteiger charge is 2.25. The number of carbonyl (C=O) groups excluding carboxylic acids is 3. The smallest absolute Gasteiger partial charge is 0.264 e. The zero-order valence-electron chi connectivity index (χ0n) is 19.6. The Kier molecular flexibility index (Phi) is 7.77. The maximum Gasteiger partial charge on any atom is 0.264 e. The van der Waals surface area contributed by atoms with E-state index in [-0.39, 0.29) is 11.7 Å². The summed E-state index contributed by atoms with van der Waals surface area (Å²) in [6.07, 6.45) is 7.84. The van der Waals surface area contributed by atoms with Gasteiger partial charge in [0.05, 0.1) is 16.5 Å². The first-order valence-corrected chi connectivity index (χ1v) is 12.2. The minimum Gasteiger partial charge on any atom is -0.489 e. The summed E-state index contributed by atoms with van der Waals surface area (Å²) >= 11 is 1.20. The fourth-order valence-corrected chi connectivity index (χ4v) is 4.43. The molecule has 1 heterocycles. The highest BCUT2D eigenvalue weighted by molar-refractivity contribution is 8.18. The SMILES string of the molecule is CC(C)Cc1ccc(COc2ccc(C=C3SC(=NC4=CC(=O)C(C=O)C=C4)NC3=O)cc2)cc1. The van der Waals surface area contributed by atoms with Crippen molar-refractivity contribution in [3.8, 4) is 5.75 Å². The number of aliphatic imine (C=N–C) groups is 1. The van der Waals surface area contributed by atoms with Gasteiger partial charge in [-0.25, -0.2) is 4.99 Å². The summed E-state index contributed by atoms with van der Waals surface area (Å²) in [5.41, 5.74) is 3.69. The van der Waals surface area contributed by atoms with Crippen molar-refractivity contribution in [2.45, 2.75) is 26.9 Å². The number of thioether (sulfide) groups is 1. The number of amidine groups is 1. The van der Waals surface area contributed by atoms with E-state index in [4.69, 9.17) is 4.74 Å². The van der Waals surface area contributed by atoms with Crippen LogP contribution in [0.2, 0.25) is 0 Å². The number of hydrogen-bond acceptors (Lipinski definition) is 6. The molecule has 2 aromatic rings. The maximum absolute atomic E-state index is 12.3. The summed E-state index contributed by atoms with van der Waals surface area (Å²) in [4.78, 5) is 39.8. The molecular formula is C28H26N2O4S. The lowest BCUT2D eigenvalue weighted by atomic mass is 10.00. The third-order valence-corrected chi connectivity index (χ3v) is 6.28. The van der Waals surface area contributed by atoms with Crippen molar-refractivity contribution in [1.82, 2.24) is 5.32 Å². The van der Waals surface area contributed by atoms with Crippen LogP contribution in [0.4, 0.5) is 0 Å². The van der Waals surface area contributed by atoms with Crippen LogP contribution >= 0.6 is 11.8 Å². The van der Waals surface area contributed by atoms with Crippen LogP contribution in [0.3, 0.4) is 0 Å². The van der Waals surface area contributed by atoms with Crippen molar-refractivity contribution in [1.29, 1.82) is 0 Å². The molecule has 0 aromatic heterocycles. The van der Waals surface area contributed by atoms with Crippen LogP contribution in [0.1, 0.15) is 30.5 Å². The summed E-state index contributed by atoms with van der Waals surface area (Å²) in [5, 5.41) is 3.08. The number of hydrogen-bond donors (Lipinski definition) is 1. The zero-order chi connectivity index (χ0) is 24.8. The number of carbonyl (C=O) groups is 3. The zero-order valence-corrected chi connectivity index (χ0v) is 20.4. The highest BCUT2D eigenvalue weighted by Crippen LogP contribution is 2.28. The Balaban J connectivity index is 1.34. The van der Waals surface area contributed by atoms with Crippen molar-refractivity contribution < 1.29 is 19.1 Å². The Morgan fingerprint density at radius 2 is 1.77 bits per heavy atom. The lowest BCUT2D eigenvalue weighted by Gasteiger charge is -2.09. The molecule has 1 saturated heterocycles. The molecule has 1 amide bonds. The number of ketones is 1. The Morgan fingerprint density at radius 3 is 2.43 bits per heavy atom. The molecular weight excluding hydrogens is 460 g/mol. The quantitative estimate of drug-likeness (QED) is 0.327. The van der Waals surface area contributed by atoms with Crippen LogP contribution in [0, 0.1) is 11.8 Å². The lowest BCUT2D eigenvalue weighted by Crippen LogP contribution is -2.20. The van der Waals surface area contributed by atoms with Crippen LogP contribution in [-0.2, 0) is 27.4 Å². The summed E-state index contributed by atoms with van der Waals surface area (Å²) in [5.74, 6) is 0.0402. The number of nitrogens with one attached hydrogen (secondary N) is 1. The molecule has 6 nitrogen and oxygen atoms in total. The van der Waals surface area contributed by atoms with Crippen LogP contribution in [-0.4, -0.2) is 23.1 Å². The Morgan fingerprint density at radius 1 is 1.06 bits per heavy atom. The second-order valence-electron chi connectivity index (χ2n) is 8.75. The molecule has 0 saturated carbocycles. The van der Waals surface area contributed by atoms with Gasteiger partial charge in [-0.15, -0.1) is 0 Å². The number of allylic oxidation sites excluding steroid dienone is 3. The van der Waals surface area contributed by atoms with Crippen molar-refractivity contribution in [2.75, 3.05) is 0 Å². The first kappa shape index (κ1) is 24.4. The Hall–Kier alpha value is -3.71. The van der Waals surface area contributed by atoms with Crippen molar-refractivity contribution >= 4 is 41.0 Å². The van der Waals surface area contributed by atoms with Gasteiger partial charge in [0.1, 0.15) is 18.6 Å². The molecule has 1 aliphatic carbocycles. The Labute approximate surface area is 208 Å². The number of rotatable bonds is 8. The predicted molar refractivity (Wildman–Crippen MR) is 139 cm³/mol. The maximum atomic E-state index is 12.3. The van der Waals surface area contributed by atoms with Crippen LogP contribution in [0.15, 0.2) is 82.4 Å². The molecule has 35 heavy (non-hydrogen) atoms. The van der Waals surface area contributed by atoms with Crippen molar-refractivity contribution in [3.63, 3.8) is 0 Å². The molecule has 2 aliphatic rings. The molecule has 4 rings (SSSR count). The lowest BCUT2D eigenvalue weighted by molar-refractivity contribution is -0.122. The standard InChI is InChI=1S/C28H26N2O4S/c1-18(2)13-19-3-5-21(6-4-19)17-34-24-11-7-20(8-12-24)14-26-27(33)30-28(35-26)29-23-10-9-22(16-31)25(32)15-23/h3-12,14-16,18,22H,13,17H2,1-2H3,(H,29,30,33). The fourth-order valence-electron chi connectivity index (χ4n) is 3.59. The highest BCUT2D eigenvalue weighted by atomic mass is 32.2. The van der Waals surface area contributed by atoms with Crippen LogP contribution < -0.4 is 10.1 Å². The van der Waals surface area contributed by atoms with Gasteiger partial charge in [-0.1, -0.05) is 56.3 Å². The van der Waals surface area contributed by atoms with E-state index in [1.807, 2.05) is 24.3 Å². The number of aldehydes is 1. The van der Waals surface area contributed by atoms with Gasteiger partial charge >= 0.3 is 0 Å². The molecule has 0 radical (unpaired) electrons. The van der Waals surface area contributed by atoms with Crippen LogP contribution in [0.25, 0.3) is 6.08 Å². The normalized spacial score (nSPS) is 19.9. The fraction of sp³-hybridized carbons (Fsp3) is 0.214. The average molecular weight is 487 g/mol. The first-order valence-electron chi connectivity index (χ1n) is 11.4. The minimum absolute atomic E-state index is 0.257. The van der Waals surface area contributed by atoms with Crippen LogP contribution in [0.5, 0.6) is 5.75 Å². The third-order valence-electron chi connectivity index (χ3n) is 5.37. The van der Waals surface area contributed by atoms with Gasteiger partial charge in [0.2, 0.25) is 0 Å². The average Bonchev–Trinajstić information content (AvgIpc) is 3.17. The third kappa shape index (κ3) is 6.67. The van der Waals surface area contributed by atoms with E-state index in [9.17, 15) is 14.4 Å². The van der Waals surface area contributed by atoms with E-state index < -0.39 is 5.92 Å². The summed E-state index contributed by atoms with van der Waals surface area (Å²) in [6, 6.07) is 16.0. The predicted octanol–water partition coefficient (Wildman–Crippen LogP) is 4.86. The van der Waals surface area contributed by atoms with E-state index in [0.717, 1.165) is 23.3 Å². The molecule has 1 atom stereocenters. The second kappa shape index (κ2) is 11.1. The minimum atomic E-state index is -0.762. The van der Waals surface area contributed by atoms with E-state index in [2.05, 4.69) is 48.4 Å². The van der Waals surface area contributed by atoms with Gasteiger partial charge in [-0.3, -0.25) is 9.59 Å². The number of amides is 1. The van der Waals surface area contributed by atoms with Gasteiger partial charge in [0.25, 0.3) is 5.91 Å². The van der Waals surface area contributed by atoms with E-state index in [1.165, 1.54) is 29.5 Å². The Bertz CT molecular complexity index is 1240. The molecule has 0 spiro atoms. The van der Waals surface area contributed by atoms with E-state index in [1.54, 1.807) is 12.2 Å². The van der Waals surface area contributed by atoms with Crippen molar-refractivity contribution in [3.05, 3.63) is 94.1 Å². The molecule has 1 fully saturated rings. The monoisotopic (exact) mass is 486 g/mol. The topological polar surface area (TPSA) is 84.8 Å². The van der Waals surface area contributed by atoms with E-state index in [0.29, 0.717) is 34.6 Å². The molecule has 1 N–H and O–H groups in total. The summed E-state index contributed by atoms with van der Waals surface area (Å²) in [7, 11) is 0. The summed E-state index contributed by atoms with van der Waals surface area (Å²) in [6.45, 7) is 4.91. The van der Waals surface area contributed by atoms with Crippen molar-refractivity contribution in [2.24, 2.45) is 16.8 Å². The number of nitrogens with zero attached hydrogens (tertiary/aromatic N) is 1. The van der Waals surface area contributed by atoms with Gasteiger partial charge in [0.15, 0.2) is 11.0 Å². The van der Waals surface area contributed by atoms with Gasteiger partial charge in [-0.05, 0) is 65.1 Å². The van der Waals surface area contributed by atoms with Gasteiger partial charge in [-0.2, -0.15) is 0 Å². The van der Waals surface area contributed by atoms with Gasteiger partial charge < -0.3 is 14.8 Å². The molecule has 178 valence electrons.